The van der Waals surface area contributed by atoms with Crippen LogP contribution in [0.5, 0.6) is 11.5 Å². The van der Waals surface area contributed by atoms with Gasteiger partial charge < -0.3 is 9.47 Å². The van der Waals surface area contributed by atoms with Crippen LogP contribution < -0.4 is 9.47 Å². The molecule has 0 bridgehead atoms. The summed E-state index contributed by atoms with van der Waals surface area (Å²) in [4.78, 5) is 11.1. The van der Waals surface area contributed by atoms with Crippen molar-refractivity contribution in [3.63, 3.8) is 0 Å². The molecule has 0 saturated heterocycles. The Kier molecular flexibility index (Phi) is 4.99. The van der Waals surface area contributed by atoms with Crippen LogP contribution in [0.2, 0.25) is 0 Å². The van der Waals surface area contributed by atoms with Gasteiger partial charge in [-0.3, -0.25) is 4.79 Å². The molecule has 0 aromatic heterocycles. The third kappa shape index (κ3) is 3.63. The molecule has 0 saturated carbocycles. The molecule has 0 unspecified atom stereocenters. The summed E-state index contributed by atoms with van der Waals surface area (Å²) >= 11 is 0. The first-order chi connectivity index (χ1) is 10.2. The molecule has 0 N–H and O–H groups in total. The maximum absolute atomic E-state index is 11.1. The molecule has 0 atom stereocenters. The highest BCUT2D eigenvalue weighted by Crippen LogP contribution is 2.25. The number of rotatable bonds is 6. The van der Waals surface area contributed by atoms with Gasteiger partial charge in [0.2, 0.25) is 0 Å². The van der Waals surface area contributed by atoms with E-state index >= 15 is 0 Å². The van der Waals surface area contributed by atoms with E-state index in [1.54, 1.807) is 12.1 Å². The van der Waals surface area contributed by atoms with Crippen LogP contribution in [0.15, 0.2) is 36.4 Å². The summed E-state index contributed by atoms with van der Waals surface area (Å²) in [5.74, 6) is 1.62. The van der Waals surface area contributed by atoms with E-state index in [2.05, 4.69) is 0 Å². The molecule has 21 heavy (non-hydrogen) atoms. The summed E-state index contributed by atoms with van der Waals surface area (Å²) in [6.07, 6.45) is 0.846. The standard InChI is InChI=1S/C18H20O3/c1-4-20-17-9-8-15(11-19)16(10-17)12-21-18-13(2)6-5-7-14(18)3/h5-11H,4,12H2,1-3H3. The quantitative estimate of drug-likeness (QED) is 0.749. The van der Waals surface area contributed by atoms with E-state index in [9.17, 15) is 4.79 Å². The van der Waals surface area contributed by atoms with Gasteiger partial charge in [-0.05, 0) is 50.1 Å². The van der Waals surface area contributed by atoms with E-state index in [1.807, 2.05) is 45.0 Å². The van der Waals surface area contributed by atoms with Gasteiger partial charge >= 0.3 is 0 Å². The largest absolute Gasteiger partial charge is 0.494 e. The van der Waals surface area contributed by atoms with Crippen LogP contribution in [0.3, 0.4) is 0 Å². The van der Waals surface area contributed by atoms with Crippen molar-refractivity contribution in [1.82, 2.24) is 0 Å². The average molecular weight is 284 g/mol. The summed E-state index contributed by atoms with van der Waals surface area (Å²) in [6.45, 7) is 6.90. The van der Waals surface area contributed by atoms with Crippen molar-refractivity contribution in [1.29, 1.82) is 0 Å². The fourth-order valence-corrected chi connectivity index (χ4v) is 2.26. The second-order valence-corrected chi connectivity index (χ2v) is 4.92. The second-order valence-electron chi connectivity index (χ2n) is 4.92. The zero-order valence-electron chi connectivity index (χ0n) is 12.7. The highest BCUT2D eigenvalue weighted by molar-refractivity contribution is 5.77. The fraction of sp³-hybridized carbons (Fsp3) is 0.278. The lowest BCUT2D eigenvalue weighted by atomic mass is 10.1. The molecule has 2 rings (SSSR count). The van der Waals surface area contributed by atoms with Gasteiger partial charge in [-0.25, -0.2) is 0 Å². The fourth-order valence-electron chi connectivity index (χ4n) is 2.26. The second kappa shape index (κ2) is 6.93. The van der Waals surface area contributed by atoms with Gasteiger partial charge in [0.25, 0.3) is 0 Å². The van der Waals surface area contributed by atoms with Gasteiger partial charge in [-0.2, -0.15) is 0 Å². The van der Waals surface area contributed by atoms with Gasteiger partial charge in [-0.1, -0.05) is 18.2 Å². The molecule has 2 aromatic rings. The Bertz CT molecular complexity index is 612. The lowest BCUT2D eigenvalue weighted by Crippen LogP contribution is -2.03. The van der Waals surface area contributed by atoms with Crippen LogP contribution in [0.25, 0.3) is 0 Å². The minimum Gasteiger partial charge on any atom is -0.494 e. The average Bonchev–Trinajstić information content (AvgIpc) is 2.47. The van der Waals surface area contributed by atoms with Gasteiger partial charge in [0.05, 0.1) is 6.61 Å². The van der Waals surface area contributed by atoms with E-state index in [0.717, 1.165) is 34.5 Å². The molecule has 0 radical (unpaired) electrons. The maximum Gasteiger partial charge on any atom is 0.150 e. The Morgan fingerprint density at radius 2 is 1.76 bits per heavy atom. The SMILES string of the molecule is CCOc1ccc(C=O)c(COc2c(C)cccc2C)c1. The summed E-state index contributed by atoms with van der Waals surface area (Å²) in [5, 5.41) is 0. The molecule has 0 amide bonds. The molecule has 0 heterocycles. The van der Waals surface area contributed by atoms with E-state index in [1.165, 1.54) is 0 Å². The Labute approximate surface area is 125 Å². The van der Waals surface area contributed by atoms with Crippen molar-refractivity contribution in [3.8, 4) is 11.5 Å². The third-order valence-corrected chi connectivity index (χ3v) is 3.33. The number of aryl methyl sites for hydroxylation is 2. The number of hydrogen-bond acceptors (Lipinski definition) is 3. The van der Waals surface area contributed by atoms with Crippen molar-refractivity contribution in [2.45, 2.75) is 27.4 Å². The van der Waals surface area contributed by atoms with E-state index in [0.29, 0.717) is 18.8 Å². The number of hydrogen-bond donors (Lipinski definition) is 0. The Balaban J connectivity index is 2.22. The monoisotopic (exact) mass is 284 g/mol. The molecular formula is C18H20O3. The normalized spacial score (nSPS) is 10.2. The van der Waals surface area contributed by atoms with Gasteiger partial charge in [0.15, 0.2) is 0 Å². The Morgan fingerprint density at radius 1 is 1.05 bits per heavy atom. The zero-order valence-corrected chi connectivity index (χ0v) is 12.7. The summed E-state index contributed by atoms with van der Waals surface area (Å²) in [6, 6.07) is 11.5. The van der Waals surface area contributed by atoms with Crippen LogP contribution in [0.4, 0.5) is 0 Å². The van der Waals surface area contributed by atoms with Crippen LogP contribution in [0.1, 0.15) is 34.0 Å². The van der Waals surface area contributed by atoms with Crippen LogP contribution in [-0.2, 0) is 6.61 Å². The number of benzene rings is 2. The molecule has 2 aromatic carbocycles. The highest BCUT2D eigenvalue weighted by Gasteiger charge is 2.08. The Morgan fingerprint density at radius 3 is 2.38 bits per heavy atom. The van der Waals surface area contributed by atoms with E-state index in [4.69, 9.17) is 9.47 Å². The summed E-state index contributed by atoms with van der Waals surface area (Å²) in [5.41, 5.74) is 3.63. The highest BCUT2D eigenvalue weighted by atomic mass is 16.5. The number of ether oxygens (including phenoxy) is 2. The van der Waals surface area contributed by atoms with Gasteiger partial charge in [0, 0.05) is 11.1 Å². The number of para-hydroxylation sites is 1. The third-order valence-electron chi connectivity index (χ3n) is 3.33. The van der Waals surface area contributed by atoms with Crippen molar-refractivity contribution in [2.75, 3.05) is 6.61 Å². The first kappa shape index (κ1) is 15.1. The first-order valence-corrected chi connectivity index (χ1v) is 7.05. The molecule has 0 aliphatic rings. The van der Waals surface area contributed by atoms with E-state index < -0.39 is 0 Å². The maximum atomic E-state index is 11.1. The predicted octanol–water partition coefficient (Wildman–Crippen LogP) is 4.09. The topological polar surface area (TPSA) is 35.5 Å². The minimum absolute atomic E-state index is 0.348. The number of carbonyl (C=O) groups excluding carboxylic acids is 1. The summed E-state index contributed by atoms with van der Waals surface area (Å²) in [7, 11) is 0. The minimum atomic E-state index is 0.348. The van der Waals surface area contributed by atoms with Gasteiger partial charge in [-0.15, -0.1) is 0 Å². The molecule has 3 heteroatoms. The molecule has 0 aliphatic heterocycles. The molecule has 0 aliphatic carbocycles. The van der Waals surface area contributed by atoms with Crippen LogP contribution in [-0.4, -0.2) is 12.9 Å². The molecule has 3 nitrogen and oxygen atoms in total. The van der Waals surface area contributed by atoms with Crippen molar-refractivity contribution < 1.29 is 14.3 Å². The first-order valence-electron chi connectivity index (χ1n) is 7.05. The van der Waals surface area contributed by atoms with Crippen molar-refractivity contribution >= 4 is 6.29 Å². The van der Waals surface area contributed by atoms with E-state index in [-0.39, 0.29) is 0 Å². The summed E-state index contributed by atoms with van der Waals surface area (Å²) < 4.78 is 11.4. The number of aldehydes is 1. The smallest absolute Gasteiger partial charge is 0.150 e. The molecule has 0 spiro atoms. The number of carbonyl (C=O) groups is 1. The van der Waals surface area contributed by atoms with Crippen LogP contribution in [0, 0.1) is 13.8 Å². The van der Waals surface area contributed by atoms with Crippen molar-refractivity contribution in [3.05, 3.63) is 58.7 Å². The lowest BCUT2D eigenvalue weighted by molar-refractivity contribution is 0.112. The predicted molar refractivity (Wildman–Crippen MR) is 83.2 cm³/mol. The zero-order chi connectivity index (χ0) is 15.2. The van der Waals surface area contributed by atoms with Crippen molar-refractivity contribution in [2.24, 2.45) is 0 Å². The lowest BCUT2D eigenvalue weighted by Gasteiger charge is -2.14. The van der Waals surface area contributed by atoms with Gasteiger partial charge in [0.1, 0.15) is 24.4 Å². The molecule has 110 valence electrons. The Hall–Kier alpha value is -2.29. The van der Waals surface area contributed by atoms with Crippen LogP contribution >= 0.6 is 0 Å². The molecular weight excluding hydrogens is 264 g/mol. The molecule has 0 fully saturated rings.